The zero-order chi connectivity index (χ0) is 17.0. The Kier molecular flexibility index (Phi) is 6.34. The van der Waals surface area contributed by atoms with Crippen molar-refractivity contribution in [3.8, 4) is 5.75 Å². The van der Waals surface area contributed by atoms with Gasteiger partial charge < -0.3 is 9.64 Å². The van der Waals surface area contributed by atoms with Gasteiger partial charge in [-0.05, 0) is 43.4 Å². The summed E-state index contributed by atoms with van der Waals surface area (Å²) in [6.45, 7) is 16.0. The van der Waals surface area contributed by atoms with Crippen molar-refractivity contribution in [2.75, 3.05) is 38.2 Å². The predicted octanol–water partition coefficient (Wildman–Crippen LogP) is 4.38. The highest BCUT2D eigenvalue weighted by molar-refractivity contribution is 5.55. The molecule has 2 rings (SSSR count). The summed E-state index contributed by atoms with van der Waals surface area (Å²) in [4.78, 5) is 5.14. The van der Waals surface area contributed by atoms with Gasteiger partial charge in [0, 0.05) is 37.4 Å². The van der Waals surface area contributed by atoms with Crippen LogP contribution in [-0.4, -0.2) is 44.2 Å². The fraction of sp³-hybridized carbons (Fsp3) is 0.700. The molecule has 0 spiro atoms. The molecule has 1 saturated heterocycles. The molecule has 1 aromatic rings. The largest absolute Gasteiger partial charge is 0.496 e. The molecule has 0 bridgehead atoms. The average molecular weight is 319 g/mol. The van der Waals surface area contributed by atoms with Crippen LogP contribution < -0.4 is 9.64 Å². The van der Waals surface area contributed by atoms with Gasteiger partial charge in [0.15, 0.2) is 0 Å². The zero-order valence-corrected chi connectivity index (χ0v) is 15.8. The van der Waals surface area contributed by atoms with Gasteiger partial charge in [-0.1, -0.05) is 33.8 Å². The lowest BCUT2D eigenvalue weighted by molar-refractivity contribution is 0.180. The molecule has 0 aliphatic carbocycles. The van der Waals surface area contributed by atoms with Crippen LogP contribution in [0, 0.1) is 5.92 Å². The lowest BCUT2D eigenvalue weighted by Crippen LogP contribution is -2.52. The maximum absolute atomic E-state index is 5.61. The third-order valence-electron chi connectivity index (χ3n) is 4.96. The smallest absolute Gasteiger partial charge is 0.124 e. The summed E-state index contributed by atoms with van der Waals surface area (Å²) in [7, 11) is 1.78. The monoisotopic (exact) mass is 318 g/mol. The fourth-order valence-corrected chi connectivity index (χ4v) is 3.36. The maximum atomic E-state index is 5.61. The fourth-order valence-electron chi connectivity index (χ4n) is 3.36. The number of nitrogens with zero attached hydrogens (tertiary/aromatic N) is 2. The minimum Gasteiger partial charge on any atom is -0.496 e. The van der Waals surface area contributed by atoms with E-state index in [0.29, 0.717) is 12.0 Å². The van der Waals surface area contributed by atoms with Crippen LogP contribution in [0.4, 0.5) is 5.69 Å². The molecule has 1 fully saturated rings. The number of anilines is 1. The number of ether oxygens (including phenoxy) is 1. The van der Waals surface area contributed by atoms with Crippen molar-refractivity contribution in [1.82, 2.24) is 4.90 Å². The Bertz CT molecular complexity index is 498. The normalized spacial score (nSPS) is 19.7. The highest BCUT2D eigenvalue weighted by Crippen LogP contribution is 2.31. The standard InChI is InChI=1S/C20H34N2O/c1-15(2)9-10-21-11-12-22(14-17(21)5)18-7-8-19(16(3)4)20(13-18)23-6/h7-8,13,15-17H,9-12,14H2,1-6H3/t17-/m0/s1. The molecule has 3 heteroatoms. The minimum absolute atomic E-state index is 0.491. The molecule has 0 aromatic heterocycles. The summed E-state index contributed by atoms with van der Waals surface area (Å²) in [5.74, 6) is 2.30. The van der Waals surface area contributed by atoms with Crippen LogP contribution in [0.2, 0.25) is 0 Å². The van der Waals surface area contributed by atoms with Gasteiger partial charge in [-0.3, -0.25) is 4.90 Å². The maximum Gasteiger partial charge on any atom is 0.124 e. The topological polar surface area (TPSA) is 15.7 Å². The number of hydrogen-bond donors (Lipinski definition) is 0. The first kappa shape index (κ1) is 18.1. The third-order valence-corrected chi connectivity index (χ3v) is 4.96. The van der Waals surface area contributed by atoms with Crippen LogP contribution in [0.5, 0.6) is 5.75 Å². The molecule has 0 unspecified atom stereocenters. The number of piperazine rings is 1. The molecule has 1 atom stereocenters. The van der Waals surface area contributed by atoms with E-state index in [2.05, 4.69) is 62.6 Å². The van der Waals surface area contributed by atoms with Crippen LogP contribution in [0.25, 0.3) is 0 Å². The van der Waals surface area contributed by atoms with E-state index in [4.69, 9.17) is 4.74 Å². The molecule has 1 aliphatic heterocycles. The summed E-state index contributed by atoms with van der Waals surface area (Å²) in [6, 6.07) is 7.31. The Hall–Kier alpha value is -1.22. The van der Waals surface area contributed by atoms with Crippen LogP contribution >= 0.6 is 0 Å². The van der Waals surface area contributed by atoms with E-state index in [1.165, 1.54) is 24.2 Å². The van der Waals surface area contributed by atoms with Gasteiger partial charge >= 0.3 is 0 Å². The molecule has 0 saturated carbocycles. The van der Waals surface area contributed by atoms with Crippen LogP contribution in [0.3, 0.4) is 0 Å². The SMILES string of the molecule is COc1cc(N2CCN(CCC(C)C)[C@@H](C)C2)ccc1C(C)C. The average Bonchev–Trinajstić information content (AvgIpc) is 2.52. The van der Waals surface area contributed by atoms with Gasteiger partial charge in [0.2, 0.25) is 0 Å². The highest BCUT2D eigenvalue weighted by atomic mass is 16.5. The first-order valence-corrected chi connectivity index (χ1v) is 9.09. The Labute approximate surface area is 142 Å². The Morgan fingerprint density at radius 2 is 1.91 bits per heavy atom. The molecule has 1 heterocycles. The van der Waals surface area contributed by atoms with E-state index in [1.807, 2.05) is 0 Å². The Morgan fingerprint density at radius 1 is 1.17 bits per heavy atom. The lowest BCUT2D eigenvalue weighted by atomic mass is 10.0. The van der Waals surface area contributed by atoms with Gasteiger partial charge in [0.1, 0.15) is 5.75 Å². The summed E-state index contributed by atoms with van der Waals surface area (Å²) in [5, 5.41) is 0. The molecule has 23 heavy (non-hydrogen) atoms. The van der Waals surface area contributed by atoms with E-state index in [0.717, 1.165) is 31.3 Å². The molecule has 3 nitrogen and oxygen atoms in total. The summed E-state index contributed by atoms with van der Waals surface area (Å²) >= 11 is 0. The predicted molar refractivity (Wildman–Crippen MR) is 99.8 cm³/mol. The Morgan fingerprint density at radius 3 is 2.48 bits per heavy atom. The van der Waals surface area contributed by atoms with Gasteiger partial charge in [0.25, 0.3) is 0 Å². The molecular formula is C20H34N2O. The van der Waals surface area contributed by atoms with E-state index in [9.17, 15) is 0 Å². The van der Waals surface area contributed by atoms with Crippen LogP contribution in [-0.2, 0) is 0 Å². The van der Waals surface area contributed by atoms with Crippen molar-refractivity contribution in [3.63, 3.8) is 0 Å². The molecule has 0 amide bonds. The number of methoxy groups -OCH3 is 1. The second kappa shape index (κ2) is 8.05. The molecular weight excluding hydrogens is 284 g/mol. The van der Waals surface area contributed by atoms with E-state index >= 15 is 0 Å². The van der Waals surface area contributed by atoms with Crippen molar-refractivity contribution in [2.24, 2.45) is 5.92 Å². The second-order valence-electron chi connectivity index (χ2n) is 7.59. The quantitative estimate of drug-likeness (QED) is 0.774. The molecule has 1 aromatic carbocycles. The van der Waals surface area contributed by atoms with E-state index < -0.39 is 0 Å². The summed E-state index contributed by atoms with van der Waals surface area (Å²) < 4.78 is 5.61. The molecule has 1 aliphatic rings. The first-order valence-electron chi connectivity index (χ1n) is 9.09. The van der Waals surface area contributed by atoms with Crippen molar-refractivity contribution in [1.29, 1.82) is 0 Å². The molecule has 130 valence electrons. The van der Waals surface area contributed by atoms with Crippen molar-refractivity contribution in [2.45, 2.75) is 53.0 Å². The van der Waals surface area contributed by atoms with Gasteiger partial charge in [-0.25, -0.2) is 0 Å². The zero-order valence-electron chi connectivity index (χ0n) is 15.8. The number of rotatable bonds is 6. The van der Waals surface area contributed by atoms with E-state index in [-0.39, 0.29) is 0 Å². The van der Waals surface area contributed by atoms with E-state index in [1.54, 1.807) is 7.11 Å². The van der Waals surface area contributed by atoms with Crippen molar-refractivity contribution < 1.29 is 4.74 Å². The third kappa shape index (κ3) is 4.63. The molecule has 0 radical (unpaired) electrons. The lowest BCUT2D eigenvalue weighted by Gasteiger charge is -2.41. The molecule has 0 N–H and O–H groups in total. The Balaban J connectivity index is 2.04. The van der Waals surface area contributed by atoms with Crippen LogP contribution in [0.1, 0.15) is 52.5 Å². The number of hydrogen-bond acceptors (Lipinski definition) is 3. The summed E-state index contributed by atoms with van der Waals surface area (Å²) in [6.07, 6.45) is 1.29. The van der Waals surface area contributed by atoms with Crippen molar-refractivity contribution >= 4 is 5.69 Å². The highest BCUT2D eigenvalue weighted by Gasteiger charge is 2.24. The van der Waals surface area contributed by atoms with Crippen LogP contribution in [0.15, 0.2) is 18.2 Å². The van der Waals surface area contributed by atoms with Gasteiger partial charge in [0.05, 0.1) is 7.11 Å². The number of benzene rings is 1. The second-order valence-corrected chi connectivity index (χ2v) is 7.59. The first-order chi connectivity index (χ1) is 10.9. The van der Waals surface area contributed by atoms with Gasteiger partial charge in [-0.15, -0.1) is 0 Å². The van der Waals surface area contributed by atoms with Gasteiger partial charge in [-0.2, -0.15) is 0 Å². The summed E-state index contributed by atoms with van der Waals surface area (Å²) in [5.41, 5.74) is 2.58. The van der Waals surface area contributed by atoms with Crippen molar-refractivity contribution in [3.05, 3.63) is 23.8 Å². The minimum atomic E-state index is 0.491.